The van der Waals surface area contributed by atoms with E-state index in [0.717, 1.165) is 0 Å². The molecule has 8 heteroatoms. The summed E-state index contributed by atoms with van der Waals surface area (Å²) < 4.78 is 0. The van der Waals surface area contributed by atoms with Crippen LogP contribution in [-0.2, 0) is 0 Å². The highest BCUT2D eigenvalue weighted by Crippen LogP contribution is 2.48. The molecular formula is C34H24N4O4. The van der Waals surface area contributed by atoms with E-state index < -0.39 is 23.6 Å². The maximum atomic E-state index is 13.8. The average Bonchev–Trinajstić information content (AvgIpc) is 3.00. The van der Waals surface area contributed by atoms with Crippen molar-refractivity contribution in [2.24, 2.45) is 0 Å². The first-order chi connectivity index (χ1) is 20.2. The minimum atomic E-state index is -0.458. The molecule has 0 aliphatic carbocycles. The number of benzene rings is 5. The number of carbonyl (C=O) groups is 4. The molecular weight excluding hydrogens is 528 g/mol. The fraction of sp³-hybridized carbons (Fsp3) is 0.235. The number of hydrogen-bond donors (Lipinski definition) is 0. The molecule has 2 aliphatic rings. The van der Waals surface area contributed by atoms with Gasteiger partial charge in [0.25, 0.3) is 23.6 Å². The Kier molecular flexibility index (Phi) is 5.23. The average molecular weight is 553 g/mol. The summed E-state index contributed by atoms with van der Waals surface area (Å²) in [5, 5.41) is 24.9. The number of hydrogen-bond acceptors (Lipinski definition) is 6. The number of amides is 4. The maximum absolute atomic E-state index is 13.8. The lowest BCUT2D eigenvalue weighted by Gasteiger charge is -2.33. The van der Waals surface area contributed by atoms with Crippen LogP contribution in [0.4, 0.5) is 0 Å². The van der Waals surface area contributed by atoms with Gasteiger partial charge in [0.1, 0.15) is 0 Å². The largest absolute Gasteiger partial charge is 0.272 e. The summed E-state index contributed by atoms with van der Waals surface area (Å²) in [4.78, 5) is 57.4. The lowest BCUT2D eigenvalue weighted by Crippen LogP contribution is -2.45. The second-order valence-electron chi connectivity index (χ2n) is 11.2. The lowest BCUT2D eigenvalue weighted by molar-refractivity contribution is 0.0532. The second kappa shape index (κ2) is 8.58. The fourth-order valence-corrected chi connectivity index (χ4v) is 6.85. The zero-order chi connectivity index (χ0) is 29.8. The van der Waals surface area contributed by atoms with E-state index in [4.69, 9.17) is 0 Å². The summed E-state index contributed by atoms with van der Waals surface area (Å²) in [5.41, 5.74) is 1.73. The summed E-state index contributed by atoms with van der Waals surface area (Å²) in [7, 11) is 0. The maximum Gasteiger partial charge on any atom is 0.261 e. The molecule has 0 fully saturated rings. The van der Waals surface area contributed by atoms with Gasteiger partial charge in [-0.15, -0.1) is 0 Å². The quantitative estimate of drug-likeness (QED) is 0.147. The molecule has 0 saturated heterocycles. The second-order valence-corrected chi connectivity index (χ2v) is 11.2. The molecule has 0 radical (unpaired) electrons. The van der Waals surface area contributed by atoms with Crippen molar-refractivity contribution in [2.75, 3.05) is 0 Å². The molecule has 0 saturated carbocycles. The first-order valence-corrected chi connectivity index (χ1v) is 14.0. The number of rotatable bonds is 4. The summed E-state index contributed by atoms with van der Waals surface area (Å²) >= 11 is 0. The molecule has 0 bridgehead atoms. The van der Waals surface area contributed by atoms with Crippen LogP contribution in [0.15, 0.2) is 36.4 Å². The Morgan fingerprint density at radius 2 is 0.929 bits per heavy atom. The van der Waals surface area contributed by atoms with Gasteiger partial charge in [-0.3, -0.25) is 29.0 Å². The van der Waals surface area contributed by atoms with Crippen LogP contribution >= 0.6 is 0 Å². The molecule has 2 heterocycles. The third kappa shape index (κ3) is 2.89. The van der Waals surface area contributed by atoms with Crippen LogP contribution in [-0.4, -0.2) is 45.5 Å². The number of imide groups is 2. The molecule has 0 aromatic heterocycles. The molecule has 0 N–H and O–H groups in total. The van der Waals surface area contributed by atoms with E-state index in [2.05, 4.69) is 12.1 Å². The monoisotopic (exact) mass is 552 g/mol. The van der Waals surface area contributed by atoms with Crippen LogP contribution in [0.2, 0.25) is 0 Å². The van der Waals surface area contributed by atoms with Crippen molar-refractivity contribution in [1.29, 1.82) is 10.5 Å². The molecule has 2 atom stereocenters. The first-order valence-electron chi connectivity index (χ1n) is 14.0. The van der Waals surface area contributed by atoms with Crippen LogP contribution in [0.3, 0.4) is 0 Å². The van der Waals surface area contributed by atoms with Crippen molar-refractivity contribution in [3.05, 3.63) is 69.8 Å². The molecule has 0 spiro atoms. The van der Waals surface area contributed by atoms with E-state index in [-0.39, 0.29) is 34.3 Å². The number of nitrogens with zero attached hydrogens (tertiary/aromatic N) is 4. The van der Waals surface area contributed by atoms with Crippen molar-refractivity contribution < 1.29 is 19.2 Å². The smallest absolute Gasteiger partial charge is 0.261 e. The normalized spacial score (nSPS) is 16.1. The third-order valence-electron chi connectivity index (χ3n) is 9.20. The summed E-state index contributed by atoms with van der Waals surface area (Å²) in [5.74, 6) is -1.72. The zero-order valence-corrected chi connectivity index (χ0v) is 23.5. The SMILES string of the molecule is CCC(C)N1C(=O)c2ccc3c4c(C#N)cc5c6c(ccc(c7c(C#N)cc(c2c37)C1=O)c64)C(=O)N(C(C)CC)C5=O. The first kappa shape index (κ1) is 25.6. The zero-order valence-electron chi connectivity index (χ0n) is 23.5. The van der Waals surface area contributed by atoms with Gasteiger partial charge in [-0.25, -0.2) is 0 Å². The van der Waals surface area contributed by atoms with Crippen molar-refractivity contribution >= 4 is 66.7 Å². The van der Waals surface area contributed by atoms with E-state index in [1.165, 1.54) is 9.80 Å². The molecule has 7 rings (SSSR count). The molecule has 2 aliphatic heterocycles. The van der Waals surface area contributed by atoms with Gasteiger partial charge in [0, 0.05) is 55.5 Å². The number of fused-ring (bicyclic) bond motifs is 2. The lowest BCUT2D eigenvalue weighted by atomic mass is 9.79. The Morgan fingerprint density at radius 3 is 1.26 bits per heavy atom. The standard InChI is InChI=1S/C34H24N4O4/c1-5-15(3)37-31(39)21-9-7-19-26-18(14-36)12-24-28-22(32(40)38(34(24)42)16(4)6-2)10-8-20(30(26)28)25-17(13-35)11-23(33(37)41)27(21)29(19)25/h7-12,15-16H,5-6H2,1-4H3. The molecule has 2 unspecified atom stereocenters. The van der Waals surface area contributed by atoms with E-state index in [0.29, 0.717) is 67.1 Å². The van der Waals surface area contributed by atoms with Crippen LogP contribution in [0.25, 0.3) is 43.1 Å². The van der Waals surface area contributed by atoms with Gasteiger partial charge in [-0.1, -0.05) is 26.0 Å². The summed E-state index contributed by atoms with van der Waals surface area (Å²) in [6, 6.07) is 13.8. The molecule has 4 amide bonds. The minimum Gasteiger partial charge on any atom is -0.272 e. The van der Waals surface area contributed by atoms with Crippen molar-refractivity contribution in [2.45, 2.75) is 52.6 Å². The Balaban J connectivity index is 1.71. The van der Waals surface area contributed by atoms with Gasteiger partial charge in [0.2, 0.25) is 0 Å². The van der Waals surface area contributed by atoms with Crippen LogP contribution in [0, 0.1) is 22.7 Å². The van der Waals surface area contributed by atoms with E-state index >= 15 is 0 Å². The van der Waals surface area contributed by atoms with E-state index in [1.54, 1.807) is 36.4 Å². The van der Waals surface area contributed by atoms with Crippen LogP contribution < -0.4 is 0 Å². The molecule has 204 valence electrons. The van der Waals surface area contributed by atoms with Gasteiger partial charge in [-0.05, 0) is 61.7 Å². The topological polar surface area (TPSA) is 122 Å². The molecule has 42 heavy (non-hydrogen) atoms. The van der Waals surface area contributed by atoms with Crippen LogP contribution in [0.5, 0.6) is 0 Å². The van der Waals surface area contributed by atoms with E-state index in [9.17, 15) is 29.7 Å². The number of nitriles is 2. The van der Waals surface area contributed by atoms with Crippen molar-refractivity contribution in [1.82, 2.24) is 9.80 Å². The highest BCUT2D eigenvalue weighted by atomic mass is 16.2. The van der Waals surface area contributed by atoms with E-state index in [1.807, 2.05) is 27.7 Å². The summed E-state index contributed by atoms with van der Waals surface area (Å²) in [6.07, 6.45) is 1.16. The highest BCUT2D eigenvalue weighted by molar-refractivity contribution is 6.42. The van der Waals surface area contributed by atoms with Gasteiger partial charge >= 0.3 is 0 Å². The molecule has 5 aromatic carbocycles. The minimum absolute atomic E-state index is 0.238. The Morgan fingerprint density at radius 1 is 0.571 bits per heavy atom. The summed E-state index contributed by atoms with van der Waals surface area (Å²) in [6.45, 7) is 7.43. The predicted octanol–water partition coefficient (Wildman–Crippen LogP) is 6.27. The van der Waals surface area contributed by atoms with Gasteiger partial charge in [0.15, 0.2) is 0 Å². The predicted molar refractivity (Wildman–Crippen MR) is 158 cm³/mol. The Hall–Kier alpha value is -5.34. The Bertz CT molecular complexity index is 2060. The van der Waals surface area contributed by atoms with Crippen molar-refractivity contribution in [3.63, 3.8) is 0 Å². The van der Waals surface area contributed by atoms with Crippen LogP contribution in [0.1, 0.15) is 93.1 Å². The third-order valence-corrected chi connectivity index (χ3v) is 9.20. The molecule has 8 nitrogen and oxygen atoms in total. The van der Waals surface area contributed by atoms with Crippen molar-refractivity contribution in [3.8, 4) is 12.1 Å². The van der Waals surface area contributed by atoms with Gasteiger partial charge < -0.3 is 0 Å². The van der Waals surface area contributed by atoms with Gasteiger partial charge in [-0.2, -0.15) is 10.5 Å². The molecule has 5 aromatic rings. The Labute approximate surface area is 240 Å². The highest BCUT2D eigenvalue weighted by Gasteiger charge is 2.40. The fourth-order valence-electron chi connectivity index (χ4n) is 6.85. The van der Waals surface area contributed by atoms with Gasteiger partial charge in [0.05, 0.1) is 34.4 Å². The number of carbonyl (C=O) groups excluding carboxylic acids is 4.